The Bertz CT molecular complexity index is 648. The minimum atomic E-state index is 0.266. The Morgan fingerprint density at radius 2 is 2.11 bits per heavy atom. The number of halogens is 2. The molecule has 0 N–H and O–H groups in total. The van der Waals surface area contributed by atoms with Crippen LogP contribution in [-0.2, 0) is 13.0 Å². The fourth-order valence-electron chi connectivity index (χ4n) is 2.52. The summed E-state index contributed by atoms with van der Waals surface area (Å²) in [5, 5.41) is 0.743. The first-order chi connectivity index (χ1) is 9.13. The van der Waals surface area contributed by atoms with Gasteiger partial charge in [0.05, 0.1) is 0 Å². The Kier molecular flexibility index (Phi) is 3.50. The Balaban J connectivity index is 1.89. The van der Waals surface area contributed by atoms with E-state index in [1.807, 2.05) is 24.4 Å². The van der Waals surface area contributed by atoms with E-state index in [4.69, 9.17) is 11.6 Å². The molecule has 0 unspecified atom stereocenters. The van der Waals surface area contributed by atoms with Crippen molar-refractivity contribution in [3.63, 3.8) is 0 Å². The number of hydrogen-bond acceptors (Lipinski definition) is 1. The van der Waals surface area contributed by atoms with E-state index in [1.165, 1.54) is 5.56 Å². The number of aryl methyl sites for hydroxylation is 1. The number of carbonyl (C=O) groups excluding carboxylic acids is 1. The van der Waals surface area contributed by atoms with Crippen LogP contribution in [-0.4, -0.2) is 10.4 Å². The van der Waals surface area contributed by atoms with Crippen LogP contribution in [0.3, 0.4) is 0 Å². The zero-order valence-corrected chi connectivity index (χ0v) is 12.7. The summed E-state index contributed by atoms with van der Waals surface area (Å²) >= 11 is 9.62. The fraction of sp³-hybridized carbons (Fsp3) is 0.267. The largest absolute Gasteiger partial charge is 0.349 e. The van der Waals surface area contributed by atoms with Gasteiger partial charge in [-0.2, -0.15) is 0 Å². The molecule has 0 radical (unpaired) electrons. The van der Waals surface area contributed by atoms with Crippen molar-refractivity contribution in [3.05, 3.63) is 56.8 Å². The van der Waals surface area contributed by atoms with Crippen LogP contribution in [0, 0.1) is 0 Å². The minimum absolute atomic E-state index is 0.266. The van der Waals surface area contributed by atoms with Crippen LogP contribution >= 0.6 is 27.5 Å². The molecular weight excluding hydrogens is 326 g/mol. The molecule has 0 saturated carbocycles. The van der Waals surface area contributed by atoms with Gasteiger partial charge >= 0.3 is 0 Å². The number of nitrogens with zero attached hydrogens (tertiary/aromatic N) is 1. The van der Waals surface area contributed by atoms with Crippen LogP contribution in [0.25, 0.3) is 0 Å². The van der Waals surface area contributed by atoms with E-state index < -0.39 is 0 Å². The van der Waals surface area contributed by atoms with E-state index in [0.29, 0.717) is 13.0 Å². The average molecular weight is 339 g/mol. The zero-order chi connectivity index (χ0) is 13.4. The predicted octanol–water partition coefficient (Wildman–Crippen LogP) is 4.47. The normalized spacial score (nSPS) is 14.5. The van der Waals surface area contributed by atoms with Crippen molar-refractivity contribution < 1.29 is 4.79 Å². The molecular formula is C15H13BrClNO. The quantitative estimate of drug-likeness (QED) is 0.792. The lowest BCUT2D eigenvalue weighted by Crippen LogP contribution is -2.07. The van der Waals surface area contributed by atoms with Gasteiger partial charge in [-0.05, 0) is 36.1 Å². The van der Waals surface area contributed by atoms with Gasteiger partial charge in [0.15, 0.2) is 5.78 Å². The van der Waals surface area contributed by atoms with Crippen LogP contribution in [0.5, 0.6) is 0 Å². The van der Waals surface area contributed by atoms with Gasteiger partial charge in [0.2, 0.25) is 0 Å². The first kappa shape index (κ1) is 12.9. The molecule has 2 nitrogen and oxygen atoms in total. The van der Waals surface area contributed by atoms with Crippen LogP contribution in [0.1, 0.15) is 34.3 Å². The highest BCUT2D eigenvalue weighted by molar-refractivity contribution is 9.10. The second-order valence-corrected chi connectivity index (χ2v) is 6.20. The third-order valence-electron chi connectivity index (χ3n) is 3.48. The smallest absolute Gasteiger partial charge is 0.164 e. The van der Waals surface area contributed by atoms with Gasteiger partial charge in [0, 0.05) is 40.4 Å². The summed E-state index contributed by atoms with van der Waals surface area (Å²) in [6.45, 7) is 0.701. The molecule has 0 fully saturated rings. The van der Waals surface area contributed by atoms with Crippen molar-refractivity contribution in [1.82, 2.24) is 4.57 Å². The fourth-order valence-corrected chi connectivity index (χ4v) is 3.25. The topological polar surface area (TPSA) is 22.0 Å². The molecule has 1 aliphatic carbocycles. The van der Waals surface area contributed by atoms with Gasteiger partial charge in [0.25, 0.3) is 0 Å². The molecule has 1 aliphatic rings. The van der Waals surface area contributed by atoms with Gasteiger partial charge in [0.1, 0.15) is 0 Å². The van der Waals surface area contributed by atoms with E-state index >= 15 is 0 Å². The van der Waals surface area contributed by atoms with Crippen molar-refractivity contribution >= 4 is 33.3 Å². The number of ketones is 1. The molecule has 0 bridgehead atoms. The van der Waals surface area contributed by atoms with E-state index in [-0.39, 0.29) is 5.78 Å². The minimum Gasteiger partial charge on any atom is -0.349 e. The molecule has 2 aromatic rings. The lowest BCUT2D eigenvalue weighted by molar-refractivity contribution is 0.0973. The van der Waals surface area contributed by atoms with E-state index in [2.05, 4.69) is 26.7 Å². The molecule has 0 amide bonds. The maximum atomic E-state index is 11.8. The molecule has 1 heterocycles. The van der Waals surface area contributed by atoms with Crippen molar-refractivity contribution in [2.75, 3.05) is 0 Å². The molecule has 1 aromatic carbocycles. The number of benzene rings is 1. The Hall–Kier alpha value is -1.06. The SMILES string of the molecule is O=C1CCCc2cn(Cc3ccc(Br)cc3Cl)cc21. The molecule has 0 atom stereocenters. The van der Waals surface area contributed by atoms with Crippen LogP contribution in [0.15, 0.2) is 35.1 Å². The first-order valence-corrected chi connectivity index (χ1v) is 7.46. The third kappa shape index (κ3) is 2.63. The predicted molar refractivity (Wildman–Crippen MR) is 80.0 cm³/mol. The molecule has 0 aliphatic heterocycles. The highest BCUT2D eigenvalue weighted by atomic mass is 79.9. The molecule has 0 spiro atoms. The van der Waals surface area contributed by atoms with Crippen molar-refractivity contribution in [2.45, 2.75) is 25.8 Å². The highest BCUT2D eigenvalue weighted by Crippen LogP contribution is 2.25. The lowest BCUT2D eigenvalue weighted by Gasteiger charge is -2.07. The van der Waals surface area contributed by atoms with Gasteiger partial charge in [-0.3, -0.25) is 4.79 Å². The number of rotatable bonds is 2. The summed E-state index contributed by atoms with van der Waals surface area (Å²) in [5.41, 5.74) is 3.12. The Morgan fingerprint density at radius 1 is 1.26 bits per heavy atom. The van der Waals surface area contributed by atoms with Gasteiger partial charge in [-0.1, -0.05) is 33.6 Å². The van der Waals surface area contributed by atoms with Crippen molar-refractivity contribution in [1.29, 1.82) is 0 Å². The third-order valence-corrected chi connectivity index (χ3v) is 4.33. The standard InChI is InChI=1S/C15H13BrClNO/c16-12-5-4-11(14(17)6-12)8-18-7-10-2-1-3-15(19)13(10)9-18/h4-7,9H,1-3,8H2. The lowest BCUT2D eigenvalue weighted by atomic mass is 9.95. The summed E-state index contributed by atoms with van der Waals surface area (Å²) in [5.74, 6) is 0.266. The number of carbonyl (C=O) groups is 1. The molecule has 3 rings (SSSR count). The summed E-state index contributed by atoms with van der Waals surface area (Å²) in [4.78, 5) is 11.8. The Labute approximate surface area is 125 Å². The summed E-state index contributed by atoms with van der Waals surface area (Å²) < 4.78 is 3.03. The van der Waals surface area contributed by atoms with Crippen molar-refractivity contribution in [2.24, 2.45) is 0 Å². The van der Waals surface area contributed by atoms with Crippen LogP contribution in [0.2, 0.25) is 5.02 Å². The highest BCUT2D eigenvalue weighted by Gasteiger charge is 2.19. The van der Waals surface area contributed by atoms with E-state index in [0.717, 1.165) is 33.5 Å². The molecule has 4 heteroatoms. The second kappa shape index (κ2) is 5.14. The van der Waals surface area contributed by atoms with E-state index in [1.54, 1.807) is 0 Å². The number of hydrogen-bond donors (Lipinski definition) is 0. The van der Waals surface area contributed by atoms with Crippen LogP contribution in [0.4, 0.5) is 0 Å². The zero-order valence-electron chi connectivity index (χ0n) is 10.3. The maximum absolute atomic E-state index is 11.8. The maximum Gasteiger partial charge on any atom is 0.164 e. The molecule has 0 saturated heterocycles. The summed E-state index contributed by atoms with van der Waals surface area (Å²) in [6.07, 6.45) is 6.67. The number of Topliss-reactive ketones (excluding diaryl/α,β-unsaturated/α-hetero) is 1. The monoisotopic (exact) mass is 337 g/mol. The van der Waals surface area contributed by atoms with Gasteiger partial charge < -0.3 is 4.57 Å². The summed E-state index contributed by atoms with van der Waals surface area (Å²) in [7, 11) is 0. The number of aromatic nitrogens is 1. The van der Waals surface area contributed by atoms with Gasteiger partial charge in [-0.25, -0.2) is 0 Å². The average Bonchev–Trinajstić information content (AvgIpc) is 2.77. The first-order valence-electron chi connectivity index (χ1n) is 6.29. The Morgan fingerprint density at radius 3 is 2.84 bits per heavy atom. The van der Waals surface area contributed by atoms with Gasteiger partial charge in [-0.15, -0.1) is 0 Å². The summed E-state index contributed by atoms with van der Waals surface area (Å²) in [6, 6.07) is 5.88. The van der Waals surface area contributed by atoms with Crippen molar-refractivity contribution in [3.8, 4) is 0 Å². The molecule has 98 valence electrons. The van der Waals surface area contributed by atoms with Crippen LogP contribution < -0.4 is 0 Å². The molecule has 1 aromatic heterocycles. The second-order valence-electron chi connectivity index (χ2n) is 4.88. The molecule has 19 heavy (non-hydrogen) atoms. The van der Waals surface area contributed by atoms with E-state index in [9.17, 15) is 4.79 Å². The number of fused-ring (bicyclic) bond motifs is 1.